The quantitative estimate of drug-likeness (QED) is 0.772. The Kier molecular flexibility index (Phi) is 4.66. The van der Waals surface area contributed by atoms with E-state index in [1.165, 1.54) is 58.3 Å². The number of rotatable bonds is 5. The molecule has 0 amide bonds. The molecule has 0 atom stereocenters. The Bertz CT molecular complexity index is 193. The molecular formula is C14H28N2. The van der Waals surface area contributed by atoms with Crippen LogP contribution < -0.4 is 5.32 Å². The molecule has 0 aromatic heterocycles. The monoisotopic (exact) mass is 224 g/mol. The Labute approximate surface area is 101 Å². The highest BCUT2D eigenvalue weighted by atomic mass is 15.2. The molecule has 1 N–H and O–H groups in total. The SMILES string of the molecule is CCCN(CC1CCC(C)CC1)C1CNC1. The van der Waals surface area contributed by atoms with Crippen LogP contribution in [0, 0.1) is 11.8 Å². The third-order valence-electron chi connectivity index (χ3n) is 4.42. The number of nitrogens with one attached hydrogen (secondary N) is 1. The average molecular weight is 224 g/mol. The Morgan fingerprint density at radius 3 is 2.31 bits per heavy atom. The molecule has 94 valence electrons. The third-order valence-corrected chi connectivity index (χ3v) is 4.42. The van der Waals surface area contributed by atoms with Crippen LogP contribution in [0.4, 0.5) is 0 Å². The van der Waals surface area contributed by atoms with Crippen LogP contribution in [0.1, 0.15) is 46.0 Å². The van der Waals surface area contributed by atoms with Gasteiger partial charge in [-0.3, -0.25) is 4.90 Å². The smallest absolute Gasteiger partial charge is 0.0345 e. The molecule has 0 radical (unpaired) electrons. The molecule has 0 aromatic rings. The molecule has 1 saturated heterocycles. The first kappa shape index (κ1) is 12.4. The highest BCUT2D eigenvalue weighted by Gasteiger charge is 2.27. The van der Waals surface area contributed by atoms with E-state index < -0.39 is 0 Å². The van der Waals surface area contributed by atoms with Gasteiger partial charge < -0.3 is 5.32 Å². The summed E-state index contributed by atoms with van der Waals surface area (Å²) in [4.78, 5) is 2.75. The van der Waals surface area contributed by atoms with Crippen molar-refractivity contribution in [2.24, 2.45) is 11.8 Å². The molecule has 2 rings (SSSR count). The second-order valence-electron chi connectivity index (χ2n) is 5.93. The Balaban J connectivity index is 1.75. The second-order valence-corrected chi connectivity index (χ2v) is 5.93. The second kappa shape index (κ2) is 6.02. The van der Waals surface area contributed by atoms with Crippen LogP contribution in [-0.2, 0) is 0 Å². The molecule has 1 saturated carbocycles. The minimum atomic E-state index is 0.847. The van der Waals surface area contributed by atoms with Crippen LogP contribution in [0.25, 0.3) is 0 Å². The fraction of sp³-hybridized carbons (Fsp3) is 1.00. The molecule has 2 heteroatoms. The summed E-state index contributed by atoms with van der Waals surface area (Å²) in [6, 6.07) is 0.847. The Morgan fingerprint density at radius 2 is 1.81 bits per heavy atom. The molecule has 2 nitrogen and oxygen atoms in total. The van der Waals surface area contributed by atoms with E-state index in [1.807, 2.05) is 0 Å². The van der Waals surface area contributed by atoms with Crippen LogP contribution >= 0.6 is 0 Å². The van der Waals surface area contributed by atoms with Crippen molar-refractivity contribution in [2.75, 3.05) is 26.2 Å². The van der Waals surface area contributed by atoms with Crippen molar-refractivity contribution in [2.45, 2.75) is 52.0 Å². The zero-order chi connectivity index (χ0) is 11.4. The van der Waals surface area contributed by atoms with E-state index >= 15 is 0 Å². The Morgan fingerprint density at radius 1 is 1.12 bits per heavy atom. The lowest BCUT2D eigenvalue weighted by molar-refractivity contribution is 0.107. The van der Waals surface area contributed by atoms with Crippen molar-refractivity contribution in [1.29, 1.82) is 0 Å². The molecule has 0 spiro atoms. The summed E-state index contributed by atoms with van der Waals surface area (Å²) in [5, 5.41) is 3.40. The van der Waals surface area contributed by atoms with Crippen molar-refractivity contribution < 1.29 is 0 Å². The summed E-state index contributed by atoms with van der Waals surface area (Å²) in [5.74, 6) is 1.98. The van der Waals surface area contributed by atoms with Gasteiger partial charge in [-0.1, -0.05) is 26.7 Å². The van der Waals surface area contributed by atoms with Gasteiger partial charge in [-0.05, 0) is 37.6 Å². The van der Waals surface area contributed by atoms with Gasteiger partial charge in [-0.15, -0.1) is 0 Å². The van der Waals surface area contributed by atoms with Crippen LogP contribution in [-0.4, -0.2) is 37.1 Å². The lowest BCUT2D eigenvalue weighted by atomic mass is 9.82. The van der Waals surface area contributed by atoms with Gasteiger partial charge >= 0.3 is 0 Å². The minimum absolute atomic E-state index is 0.847. The lowest BCUT2D eigenvalue weighted by Gasteiger charge is -2.41. The summed E-state index contributed by atoms with van der Waals surface area (Å²) in [6.45, 7) is 9.84. The van der Waals surface area contributed by atoms with E-state index in [9.17, 15) is 0 Å². The number of nitrogens with zero attached hydrogens (tertiary/aromatic N) is 1. The Hall–Kier alpha value is -0.0800. The summed E-state index contributed by atoms with van der Waals surface area (Å²) in [5.41, 5.74) is 0. The molecule has 2 fully saturated rings. The van der Waals surface area contributed by atoms with E-state index in [4.69, 9.17) is 0 Å². The first-order valence-electron chi connectivity index (χ1n) is 7.24. The van der Waals surface area contributed by atoms with Crippen molar-refractivity contribution in [3.8, 4) is 0 Å². The van der Waals surface area contributed by atoms with Crippen LogP contribution in [0.2, 0.25) is 0 Å². The molecule has 2 aliphatic rings. The normalized spacial score (nSPS) is 31.7. The summed E-state index contributed by atoms with van der Waals surface area (Å²) in [7, 11) is 0. The largest absolute Gasteiger partial charge is 0.314 e. The van der Waals surface area contributed by atoms with Crippen molar-refractivity contribution in [1.82, 2.24) is 10.2 Å². The van der Waals surface area contributed by atoms with E-state index in [-0.39, 0.29) is 0 Å². The standard InChI is InChI=1S/C14H28N2/c1-3-8-16(14-9-15-10-14)11-13-6-4-12(2)5-7-13/h12-15H,3-11H2,1-2H3. The van der Waals surface area contributed by atoms with Crippen molar-refractivity contribution >= 4 is 0 Å². The zero-order valence-electron chi connectivity index (χ0n) is 11.0. The molecular weight excluding hydrogens is 196 g/mol. The van der Waals surface area contributed by atoms with Crippen LogP contribution in [0.5, 0.6) is 0 Å². The molecule has 1 heterocycles. The number of hydrogen-bond acceptors (Lipinski definition) is 2. The van der Waals surface area contributed by atoms with Crippen molar-refractivity contribution in [3.63, 3.8) is 0 Å². The highest BCUT2D eigenvalue weighted by molar-refractivity contribution is 4.86. The van der Waals surface area contributed by atoms with Gasteiger partial charge in [0.1, 0.15) is 0 Å². The van der Waals surface area contributed by atoms with E-state index in [1.54, 1.807) is 0 Å². The maximum atomic E-state index is 3.40. The molecule has 1 aliphatic carbocycles. The maximum Gasteiger partial charge on any atom is 0.0345 e. The molecule has 0 bridgehead atoms. The lowest BCUT2D eigenvalue weighted by Crippen LogP contribution is -2.58. The fourth-order valence-electron chi connectivity index (χ4n) is 3.09. The summed E-state index contributed by atoms with van der Waals surface area (Å²) in [6.07, 6.45) is 7.18. The molecule has 16 heavy (non-hydrogen) atoms. The topological polar surface area (TPSA) is 15.3 Å². The van der Waals surface area contributed by atoms with Crippen LogP contribution in [0.3, 0.4) is 0 Å². The van der Waals surface area contributed by atoms with E-state index in [0.29, 0.717) is 0 Å². The average Bonchev–Trinajstić information content (AvgIpc) is 2.19. The first-order chi connectivity index (χ1) is 7.79. The van der Waals surface area contributed by atoms with E-state index in [0.717, 1.165) is 17.9 Å². The first-order valence-corrected chi connectivity index (χ1v) is 7.24. The molecule has 0 aromatic carbocycles. The highest BCUT2D eigenvalue weighted by Crippen LogP contribution is 2.29. The van der Waals surface area contributed by atoms with Gasteiger partial charge in [-0.2, -0.15) is 0 Å². The van der Waals surface area contributed by atoms with E-state index in [2.05, 4.69) is 24.1 Å². The predicted molar refractivity (Wildman–Crippen MR) is 69.6 cm³/mol. The van der Waals surface area contributed by atoms with Gasteiger partial charge in [0, 0.05) is 25.7 Å². The summed E-state index contributed by atoms with van der Waals surface area (Å²) < 4.78 is 0. The summed E-state index contributed by atoms with van der Waals surface area (Å²) >= 11 is 0. The van der Waals surface area contributed by atoms with Gasteiger partial charge in [0.15, 0.2) is 0 Å². The predicted octanol–water partition coefficient (Wildman–Crippen LogP) is 2.50. The van der Waals surface area contributed by atoms with Crippen molar-refractivity contribution in [3.05, 3.63) is 0 Å². The number of hydrogen-bond donors (Lipinski definition) is 1. The molecule has 0 unspecified atom stereocenters. The zero-order valence-corrected chi connectivity index (χ0v) is 11.0. The van der Waals surface area contributed by atoms with Gasteiger partial charge in [0.2, 0.25) is 0 Å². The fourth-order valence-corrected chi connectivity index (χ4v) is 3.09. The van der Waals surface area contributed by atoms with Gasteiger partial charge in [-0.25, -0.2) is 0 Å². The third kappa shape index (κ3) is 3.21. The molecule has 1 aliphatic heterocycles. The minimum Gasteiger partial charge on any atom is -0.314 e. The maximum absolute atomic E-state index is 3.40. The van der Waals surface area contributed by atoms with Gasteiger partial charge in [0.25, 0.3) is 0 Å². The van der Waals surface area contributed by atoms with Gasteiger partial charge in [0.05, 0.1) is 0 Å². The van der Waals surface area contributed by atoms with Crippen LogP contribution in [0.15, 0.2) is 0 Å².